The number of carbonyl (C=O) groups is 1. The third-order valence-electron chi connectivity index (χ3n) is 3.34. The van der Waals surface area contributed by atoms with E-state index in [1.54, 1.807) is 6.92 Å². The van der Waals surface area contributed by atoms with E-state index >= 15 is 0 Å². The topological polar surface area (TPSA) is 17.1 Å². The number of unbranched alkanes of at least 4 members (excludes halogenated alkanes) is 4. The van der Waals surface area contributed by atoms with E-state index in [9.17, 15) is 4.79 Å². The molecule has 0 heterocycles. The van der Waals surface area contributed by atoms with Crippen LogP contribution in [0.5, 0.6) is 0 Å². The van der Waals surface area contributed by atoms with E-state index in [0.717, 1.165) is 12.8 Å². The lowest BCUT2D eigenvalue weighted by atomic mass is 9.82. The average molecular weight is 226 g/mol. The molecule has 0 saturated carbocycles. The van der Waals surface area contributed by atoms with E-state index in [0.29, 0.717) is 11.2 Å². The zero-order valence-corrected chi connectivity index (χ0v) is 11.8. The van der Waals surface area contributed by atoms with Gasteiger partial charge in [-0.2, -0.15) is 0 Å². The van der Waals surface area contributed by atoms with Gasteiger partial charge in [-0.1, -0.05) is 52.9 Å². The van der Waals surface area contributed by atoms with Gasteiger partial charge in [0, 0.05) is 6.42 Å². The van der Waals surface area contributed by atoms with Crippen LogP contribution in [0, 0.1) is 5.41 Å². The van der Waals surface area contributed by atoms with Crippen molar-refractivity contribution in [2.24, 2.45) is 5.41 Å². The molecule has 0 fully saturated rings. The minimum Gasteiger partial charge on any atom is -0.300 e. The first-order valence-electron chi connectivity index (χ1n) is 6.97. The van der Waals surface area contributed by atoms with Crippen LogP contribution >= 0.6 is 0 Å². The predicted molar refractivity (Wildman–Crippen MR) is 71.7 cm³/mol. The van der Waals surface area contributed by atoms with Crippen LogP contribution < -0.4 is 0 Å². The van der Waals surface area contributed by atoms with Gasteiger partial charge in [0.2, 0.25) is 0 Å². The molecular formula is C15H30O. The average Bonchev–Trinajstić information content (AvgIpc) is 2.20. The molecule has 0 aliphatic heterocycles. The quantitative estimate of drug-likeness (QED) is 0.472. The lowest BCUT2D eigenvalue weighted by molar-refractivity contribution is -0.117. The smallest absolute Gasteiger partial charge is 0.129 e. The minimum atomic E-state index is 0.336. The van der Waals surface area contributed by atoms with Gasteiger partial charge in [0.15, 0.2) is 0 Å². The maximum atomic E-state index is 10.8. The highest BCUT2D eigenvalue weighted by Gasteiger charge is 2.15. The molecule has 0 aliphatic rings. The summed E-state index contributed by atoms with van der Waals surface area (Å²) in [6.07, 6.45) is 11.1. The monoisotopic (exact) mass is 226 g/mol. The second-order valence-corrected chi connectivity index (χ2v) is 5.88. The highest BCUT2D eigenvalue weighted by Crippen LogP contribution is 2.29. The molecule has 0 aromatic heterocycles. The third kappa shape index (κ3) is 10.2. The number of hydrogen-bond donors (Lipinski definition) is 0. The number of Topliss-reactive ketones (excluding diaryl/α,β-unsaturated/α-hetero) is 1. The summed E-state index contributed by atoms with van der Waals surface area (Å²) in [4.78, 5) is 10.8. The van der Waals surface area contributed by atoms with Crippen molar-refractivity contribution in [2.75, 3.05) is 0 Å². The second-order valence-electron chi connectivity index (χ2n) is 5.88. The molecule has 0 saturated heterocycles. The van der Waals surface area contributed by atoms with Crippen LogP contribution in [0.4, 0.5) is 0 Å². The van der Waals surface area contributed by atoms with Crippen LogP contribution in [0.3, 0.4) is 0 Å². The van der Waals surface area contributed by atoms with E-state index < -0.39 is 0 Å². The molecule has 1 heteroatoms. The van der Waals surface area contributed by atoms with Gasteiger partial charge in [0.1, 0.15) is 5.78 Å². The second kappa shape index (κ2) is 8.78. The Balaban J connectivity index is 3.39. The molecule has 0 atom stereocenters. The lowest BCUT2D eigenvalue weighted by Gasteiger charge is -2.24. The van der Waals surface area contributed by atoms with Crippen molar-refractivity contribution in [3.8, 4) is 0 Å². The number of rotatable bonds is 10. The molecule has 1 nitrogen and oxygen atoms in total. The van der Waals surface area contributed by atoms with Crippen molar-refractivity contribution in [3.63, 3.8) is 0 Å². The summed E-state index contributed by atoms with van der Waals surface area (Å²) >= 11 is 0. The van der Waals surface area contributed by atoms with E-state index in [1.807, 2.05) is 0 Å². The zero-order chi connectivity index (χ0) is 12.4. The minimum absolute atomic E-state index is 0.336. The number of carbonyl (C=O) groups excluding carboxylic acids is 1. The van der Waals surface area contributed by atoms with Crippen molar-refractivity contribution in [2.45, 2.75) is 85.5 Å². The first-order chi connectivity index (χ1) is 7.48. The normalized spacial score (nSPS) is 11.8. The van der Waals surface area contributed by atoms with Gasteiger partial charge in [-0.05, 0) is 31.6 Å². The summed E-state index contributed by atoms with van der Waals surface area (Å²) in [5, 5.41) is 0. The molecule has 0 aromatic carbocycles. The lowest BCUT2D eigenvalue weighted by Crippen LogP contribution is -2.10. The van der Waals surface area contributed by atoms with E-state index in [-0.39, 0.29) is 0 Å². The molecule has 0 unspecified atom stereocenters. The Morgan fingerprint density at radius 1 is 0.938 bits per heavy atom. The molecule has 0 rings (SSSR count). The van der Waals surface area contributed by atoms with Crippen LogP contribution in [0.1, 0.15) is 85.5 Å². The fraction of sp³-hybridized carbons (Fsp3) is 0.933. The van der Waals surface area contributed by atoms with Gasteiger partial charge in [-0.15, -0.1) is 0 Å². The summed E-state index contributed by atoms with van der Waals surface area (Å²) in [5.41, 5.74) is 0.524. The first-order valence-corrected chi connectivity index (χ1v) is 6.97. The molecule has 96 valence electrons. The Morgan fingerprint density at radius 2 is 1.50 bits per heavy atom. The summed E-state index contributed by atoms with van der Waals surface area (Å²) in [6, 6.07) is 0. The van der Waals surface area contributed by atoms with Gasteiger partial charge in [-0.25, -0.2) is 0 Å². The maximum absolute atomic E-state index is 10.8. The van der Waals surface area contributed by atoms with E-state index in [1.165, 1.54) is 44.9 Å². The molecule has 0 aliphatic carbocycles. The van der Waals surface area contributed by atoms with Crippen LogP contribution in [0.2, 0.25) is 0 Å². The highest BCUT2D eigenvalue weighted by atomic mass is 16.1. The van der Waals surface area contributed by atoms with E-state index in [4.69, 9.17) is 0 Å². The van der Waals surface area contributed by atoms with Crippen LogP contribution in [0.15, 0.2) is 0 Å². The maximum Gasteiger partial charge on any atom is 0.129 e. The van der Waals surface area contributed by atoms with Gasteiger partial charge in [0.25, 0.3) is 0 Å². The van der Waals surface area contributed by atoms with Gasteiger partial charge in [-0.3, -0.25) is 0 Å². The summed E-state index contributed by atoms with van der Waals surface area (Å²) < 4.78 is 0. The highest BCUT2D eigenvalue weighted by molar-refractivity contribution is 5.75. The Hall–Kier alpha value is -0.330. The number of hydrogen-bond acceptors (Lipinski definition) is 1. The molecule has 0 N–H and O–H groups in total. The predicted octanol–water partition coefficient (Wildman–Crippen LogP) is 5.13. The zero-order valence-electron chi connectivity index (χ0n) is 11.8. The molecule has 0 spiro atoms. The van der Waals surface area contributed by atoms with Gasteiger partial charge < -0.3 is 4.79 Å². The van der Waals surface area contributed by atoms with Crippen molar-refractivity contribution in [1.29, 1.82) is 0 Å². The SMILES string of the molecule is CCCCC(C)(C)CCCCCCC(C)=O. The van der Waals surface area contributed by atoms with Crippen molar-refractivity contribution in [1.82, 2.24) is 0 Å². The van der Waals surface area contributed by atoms with Crippen LogP contribution in [0.25, 0.3) is 0 Å². The molecule has 0 radical (unpaired) electrons. The fourth-order valence-electron chi connectivity index (χ4n) is 2.11. The first kappa shape index (κ1) is 15.7. The standard InChI is InChI=1S/C15H30O/c1-5-6-12-15(3,4)13-10-8-7-9-11-14(2)16/h5-13H2,1-4H3. The number of ketones is 1. The molecule has 0 aromatic rings. The molecule has 0 bridgehead atoms. The van der Waals surface area contributed by atoms with Crippen LogP contribution in [-0.2, 0) is 4.79 Å². The largest absolute Gasteiger partial charge is 0.300 e. The van der Waals surface area contributed by atoms with Crippen molar-refractivity contribution >= 4 is 5.78 Å². The van der Waals surface area contributed by atoms with Crippen molar-refractivity contribution < 1.29 is 4.79 Å². The van der Waals surface area contributed by atoms with Crippen molar-refractivity contribution in [3.05, 3.63) is 0 Å². The Morgan fingerprint density at radius 3 is 2.06 bits per heavy atom. The third-order valence-corrected chi connectivity index (χ3v) is 3.34. The Bertz CT molecular complexity index is 182. The summed E-state index contributed by atoms with van der Waals surface area (Å²) in [7, 11) is 0. The van der Waals surface area contributed by atoms with E-state index in [2.05, 4.69) is 20.8 Å². The van der Waals surface area contributed by atoms with Gasteiger partial charge >= 0.3 is 0 Å². The Kier molecular flexibility index (Phi) is 8.60. The summed E-state index contributed by atoms with van der Waals surface area (Å²) in [6.45, 7) is 8.72. The van der Waals surface area contributed by atoms with Crippen LogP contribution in [-0.4, -0.2) is 5.78 Å². The van der Waals surface area contributed by atoms with Gasteiger partial charge in [0.05, 0.1) is 0 Å². The summed E-state index contributed by atoms with van der Waals surface area (Å²) in [5.74, 6) is 0.336. The molecule has 16 heavy (non-hydrogen) atoms. The Labute approximate surface area is 102 Å². The fourth-order valence-corrected chi connectivity index (χ4v) is 2.11. The molecule has 0 amide bonds. The molecular weight excluding hydrogens is 196 g/mol.